The topological polar surface area (TPSA) is 106 Å². The van der Waals surface area contributed by atoms with Gasteiger partial charge >= 0.3 is 5.97 Å². The van der Waals surface area contributed by atoms with E-state index >= 15 is 0 Å². The third-order valence-electron chi connectivity index (χ3n) is 7.57. The smallest absolute Gasteiger partial charge is 0.307 e. The number of halogens is 1. The lowest BCUT2D eigenvalue weighted by Crippen LogP contribution is -2.10. The van der Waals surface area contributed by atoms with Gasteiger partial charge in [0.1, 0.15) is 30.5 Å². The Bertz CT molecular complexity index is 2110. The zero-order valence-corrected chi connectivity index (χ0v) is 27.2. The van der Waals surface area contributed by atoms with E-state index in [4.69, 9.17) is 24.7 Å². The van der Waals surface area contributed by atoms with Crippen molar-refractivity contribution in [3.05, 3.63) is 125 Å². The molecule has 4 heterocycles. The molecule has 0 aliphatic carbocycles. The minimum atomic E-state index is -0.952. The molecular formula is C39H36FN3O5. The SMILES string of the molecule is CC(C)(C)O.Cc1nc2cc3nn2c(c1CC(=O)O)-c1ccc(cc1)OCc1cccc(c1)COc1cc(F)ccc1-c1cccc-3c1. The van der Waals surface area contributed by atoms with Crippen molar-refractivity contribution < 1.29 is 28.9 Å². The van der Waals surface area contributed by atoms with Gasteiger partial charge in [-0.2, -0.15) is 5.10 Å². The molecule has 0 spiro atoms. The number of nitrogens with zero attached hydrogens (tertiary/aromatic N) is 3. The van der Waals surface area contributed by atoms with Crippen LogP contribution in [0.2, 0.25) is 0 Å². The van der Waals surface area contributed by atoms with Gasteiger partial charge in [-0.15, -0.1) is 0 Å². The second kappa shape index (κ2) is 13.3. The lowest BCUT2D eigenvalue weighted by Gasteiger charge is -2.15. The zero-order chi connectivity index (χ0) is 34.0. The highest BCUT2D eigenvalue weighted by atomic mass is 19.1. The van der Waals surface area contributed by atoms with E-state index in [9.17, 15) is 14.3 Å². The van der Waals surface area contributed by atoms with Crippen LogP contribution in [0, 0.1) is 12.7 Å². The number of aromatic nitrogens is 3. The van der Waals surface area contributed by atoms with E-state index in [-0.39, 0.29) is 18.8 Å². The number of aryl methyl sites for hydroxylation is 1. The van der Waals surface area contributed by atoms with Crippen LogP contribution < -0.4 is 9.47 Å². The Hall–Kier alpha value is -5.54. The molecule has 244 valence electrons. The normalized spacial score (nSPS) is 12.4. The molecule has 0 saturated heterocycles. The van der Waals surface area contributed by atoms with Gasteiger partial charge in [-0.1, -0.05) is 36.4 Å². The average Bonchev–Trinajstić information content (AvgIpc) is 3.46. The molecule has 8 rings (SSSR count). The molecule has 8 nitrogen and oxygen atoms in total. The second-order valence-electron chi connectivity index (χ2n) is 12.7. The lowest BCUT2D eigenvalue weighted by atomic mass is 10.0. The number of carboxylic acids is 1. The molecule has 0 amide bonds. The molecule has 0 fully saturated rings. The highest BCUT2D eigenvalue weighted by Gasteiger charge is 2.20. The Morgan fingerprint density at radius 1 is 0.854 bits per heavy atom. The van der Waals surface area contributed by atoms with Crippen LogP contribution in [-0.4, -0.2) is 36.4 Å². The maximum atomic E-state index is 14.4. The van der Waals surface area contributed by atoms with E-state index in [1.807, 2.05) is 85.8 Å². The molecule has 0 saturated carbocycles. The summed E-state index contributed by atoms with van der Waals surface area (Å²) in [6, 6.07) is 29.7. The number of rotatable bonds is 2. The molecule has 8 bridgehead atoms. The summed E-state index contributed by atoms with van der Waals surface area (Å²) >= 11 is 0. The molecule has 0 unspecified atom stereocenters. The van der Waals surface area contributed by atoms with Crippen molar-refractivity contribution in [2.75, 3.05) is 0 Å². The Kier molecular flexibility index (Phi) is 8.97. The highest BCUT2D eigenvalue weighted by Crippen LogP contribution is 2.35. The van der Waals surface area contributed by atoms with Gasteiger partial charge in [0.15, 0.2) is 5.65 Å². The molecule has 2 aromatic heterocycles. The van der Waals surface area contributed by atoms with Crippen LogP contribution in [0.25, 0.3) is 39.3 Å². The average molecular weight is 646 g/mol. The van der Waals surface area contributed by atoms with Gasteiger partial charge in [-0.25, -0.2) is 13.9 Å². The largest absolute Gasteiger partial charge is 0.489 e. The van der Waals surface area contributed by atoms with Crippen LogP contribution >= 0.6 is 0 Å². The van der Waals surface area contributed by atoms with E-state index in [0.29, 0.717) is 46.4 Å². The van der Waals surface area contributed by atoms with Crippen molar-refractivity contribution in [1.82, 2.24) is 14.6 Å². The fourth-order valence-electron chi connectivity index (χ4n) is 5.50. The minimum Gasteiger partial charge on any atom is -0.489 e. The van der Waals surface area contributed by atoms with Gasteiger partial charge in [0, 0.05) is 40.1 Å². The molecule has 48 heavy (non-hydrogen) atoms. The molecule has 2 N–H and O–H groups in total. The van der Waals surface area contributed by atoms with Crippen LogP contribution in [0.1, 0.15) is 43.2 Å². The molecule has 0 radical (unpaired) electrons. The van der Waals surface area contributed by atoms with Gasteiger partial charge in [-0.05, 0) is 92.9 Å². The van der Waals surface area contributed by atoms with Crippen molar-refractivity contribution in [3.63, 3.8) is 0 Å². The van der Waals surface area contributed by atoms with E-state index in [0.717, 1.165) is 33.4 Å². The molecule has 4 aromatic carbocycles. The molecule has 6 aromatic rings. The predicted molar refractivity (Wildman–Crippen MR) is 182 cm³/mol. The van der Waals surface area contributed by atoms with Crippen molar-refractivity contribution in [3.8, 4) is 45.1 Å². The van der Waals surface area contributed by atoms with Crippen molar-refractivity contribution in [1.29, 1.82) is 0 Å². The van der Waals surface area contributed by atoms with Gasteiger partial charge in [0.05, 0.1) is 23.4 Å². The third kappa shape index (κ3) is 7.53. The number of aliphatic hydroxyl groups is 1. The second-order valence-corrected chi connectivity index (χ2v) is 12.7. The predicted octanol–water partition coefficient (Wildman–Crippen LogP) is 8.05. The fraction of sp³-hybridized carbons (Fsp3) is 0.205. The first-order valence-corrected chi connectivity index (χ1v) is 15.6. The lowest BCUT2D eigenvalue weighted by molar-refractivity contribution is -0.136. The van der Waals surface area contributed by atoms with E-state index in [2.05, 4.69) is 0 Å². The Balaban J connectivity index is 0.000000749. The van der Waals surface area contributed by atoms with Crippen molar-refractivity contribution in [2.45, 2.75) is 52.9 Å². The van der Waals surface area contributed by atoms with Crippen molar-refractivity contribution in [2.24, 2.45) is 0 Å². The van der Waals surface area contributed by atoms with Gasteiger partial charge in [0.2, 0.25) is 0 Å². The van der Waals surface area contributed by atoms with Crippen molar-refractivity contribution >= 4 is 11.6 Å². The summed E-state index contributed by atoms with van der Waals surface area (Å²) in [7, 11) is 0. The van der Waals surface area contributed by atoms with E-state index in [1.165, 1.54) is 12.1 Å². The quantitative estimate of drug-likeness (QED) is 0.196. The third-order valence-corrected chi connectivity index (χ3v) is 7.57. The molecular weight excluding hydrogens is 609 g/mol. The zero-order valence-electron chi connectivity index (χ0n) is 27.2. The number of ether oxygens (including phenoxy) is 2. The monoisotopic (exact) mass is 645 g/mol. The standard InChI is InChI=1S/C35H26FN3O4.C4H10O/c1-21-30(17-34(40)41)35-24-8-11-28(12-9-24)42-19-22-4-2-5-23(14-22)20-43-32-16-27(36)10-13-29(32)25-6-3-7-26(15-25)31-18-33(37-21)39(35)38-31;1-4(2,3)5/h2-16,18H,17,19-20H2,1H3,(H,40,41);5H,1-3H3. The Morgan fingerprint density at radius 2 is 1.52 bits per heavy atom. The van der Waals surface area contributed by atoms with Crippen LogP contribution in [0.5, 0.6) is 11.5 Å². The van der Waals surface area contributed by atoms with E-state index in [1.54, 1.807) is 31.4 Å². The summed E-state index contributed by atoms with van der Waals surface area (Å²) in [5, 5.41) is 23.2. The summed E-state index contributed by atoms with van der Waals surface area (Å²) in [5.41, 5.74) is 7.74. The number of carbonyl (C=O) groups is 1. The first-order chi connectivity index (χ1) is 22.9. The maximum Gasteiger partial charge on any atom is 0.307 e. The molecule has 9 heteroatoms. The number of carboxylic acid groups (broad SMARTS) is 1. The Labute approximate surface area is 278 Å². The first kappa shape index (κ1) is 32.4. The summed E-state index contributed by atoms with van der Waals surface area (Å²) < 4.78 is 28.3. The van der Waals surface area contributed by atoms with Crippen LogP contribution in [0.4, 0.5) is 4.39 Å². The highest BCUT2D eigenvalue weighted by molar-refractivity contribution is 5.79. The van der Waals surface area contributed by atoms with Crippen LogP contribution in [0.3, 0.4) is 0 Å². The fourth-order valence-corrected chi connectivity index (χ4v) is 5.50. The number of hydrogen-bond donors (Lipinski definition) is 2. The van der Waals surface area contributed by atoms with Crippen LogP contribution in [-0.2, 0) is 24.4 Å². The molecule has 2 aliphatic rings. The Morgan fingerprint density at radius 3 is 2.23 bits per heavy atom. The summed E-state index contributed by atoms with van der Waals surface area (Å²) in [6.45, 7) is 7.65. The summed E-state index contributed by atoms with van der Waals surface area (Å²) in [6.07, 6.45) is -0.198. The number of hydrogen-bond acceptors (Lipinski definition) is 6. The van der Waals surface area contributed by atoms with Gasteiger partial charge < -0.3 is 19.7 Å². The van der Waals surface area contributed by atoms with Gasteiger partial charge in [0.25, 0.3) is 0 Å². The summed E-state index contributed by atoms with van der Waals surface area (Å²) in [5.74, 6) is -0.236. The van der Waals surface area contributed by atoms with Gasteiger partial charge in [-0.3, -0.25) is 4.79 Å². The number of benzene rings is 4. The molecule has 2 aliphatic heterocycles. The maximum absolute atomic E-state index is 14.4. The minimum absolute atomic E-state index is 0.198. The molecule has 0 atom stereocenters. The first-order valence-electron chi connectivity index (χ1n) is 15.6. The number of fused-ring (bicyclic) bond motifs is 4. The van der Waals surface area contributed by atoms with Crippen LogP contribution in [0.15, 0.2) is 97.1 Å². The van der Waals surface area contributed by atoms with E-state index < -0.39 is 11.6 Å². The summed E-state index contributed by atoms with van der Waals surface area (Å²) in [4.78, 5) is 16.6. The number of aliphatic carboxylic acids is 1.